The number of hydrogen-bond donors (Lipinski definition) is 1. The molecule has 0 aliphatic rings. The van der Waals surface area contributed by atoms with Crippen molar-refractivity contribution in [3.8, 4) is 11.5 Å². The molecule has 0 saturated carbocycles. The summed E-state index contributed by atoms with van der Waals surface area (Å²) in [6, 6.07) is 5.93. The van der Waals surface area contributed by atoms with Crippen LogP contribution < -0.4 is 14.8 Å². The van der Waals surface area contributed by atoms with Crippen LogP contribution in [-0.4, -0.2) is 25.7 Å². The second-order valence-corrected chi connectivity index (χ2v) is 5.13. The van der Waals surface area contributed by atoms with E-state index in [0.717, 1.165) is 35.7 Å². The summed E-state index contributed by atoms with van der Waals surface area (Å²) >= 11 is 1.60. The lowest BCUT2D eigenvalue weighted by atomic mass is 10.0. The zero-order valence-corrected chi connectivity index (χ0v) is 12.9. The van der Waals surface area contributed by atoms with Gasteiger partial charge < -0.3 is 14.8 Å². The van der Waals surface area contributed by atoms with Gasteiger partial charge in [0.05, 0.1) is 31.5 Å². The molecule has 108 valence electrons. The molecule has 4 nitrogen and oxygen atoms in total. The molecule has 0 amide bonds. The molecule has 1 aromatic carbocycles. The molecule has 0 aliphatic carbocycles. The summed E-state index contributed by atoms with van der Waals surface area (Å²) in [5.41, 5.74) is 3.95. The number of hydrogen-bond acceptors (Lipinski definition) is 5. The van der Waals surface area contributed by atoms with Crippen molar-refractivity contribution in [1.29, 1.82) is 0 Å². The van der Waals surface area contributed by atoms with Gasteiger partial charge in [-0.2, -0.15) is 0 Å². The molecule has 2 rings (SSSR count). The Balaban J connectivity index is 2.37. The predicted octanol–water partition coefficient (Wildman–Crippen LogP) is 3.25. The lowest BCUT2D eigenvalue weighted by Crippen LogP contribution is -2.24. The van der Waals surface area contributed by atoms with Crippen LogP contribution in [0.1, 0.15) is 30.6 Å². The highest BCUT2D eigenvalue weighted by atomic mass is 32.1. The number of ether oxygens (including phenoxy) is 2. The number of benzene rings is 1. The number of thiazole rings is 1. The largest absolute Gasteiger partial charge is 0.497 e. The quantitative estimate of drug-likeness (QED) is 0.850. The van der Waals surface area contributed by atoms with Crippen LogP contribution in [0.2, 0.25) is 0 Å². The number of rotatable bonds is 7. The van der Waals surface area contributed by atoms with Gasteiger partial charge in [-0.05, 0) is 25.1 Å². The average molecular weight is 292 g/mol. The first kappa shape index (κ1) is 14.8. The summed E-state index contributed by atoms with van der Waals surface area (Å²) in [7, 11) is 3.33. The van der Waals surface area contributed by atoms with Crippen molar-refractivity contribution >= 4 is 11.3 Å². The summed E-state index contributed by atoms with van der Waals surface area (Å²) < 4.78 is 10.8. The molecule has 0 saturated heterocycles. The normalized spacial score (nSPS) is 12.2. The Labute approximate surface area is 123 Å². The van der Waals surface area contributed by atoms with E-state index in [1.165, 1.54) is 0 Å². The first-order chi connectivity index (χ1) is 9.80. The minimum absolute atomic E-state index is 0.0436. The summed E-state index contributed by atoms with van der Waals surface area (Å²) in [5.74, 6) is 1.60. The molecule has 1 atom stereocenters. The molecule has 5 heteroatoms. The maximum absolute atomic E-state index is 5.50. The summed E-state index contributed by atoms with van der Waals surface area (Å²) in [5, 5.41) is 5.59. The topological polar surface area (TPSA) is 43.4 Å². The van der Waals surface area contributed by atoms with Crippen LogP contribution in [-0.2, 0) is 0 Å². The van der Waals surface area contributed by atoms with E-state index in [-0.39, 0.29) is 6.04 Å². The standard InChI is InChI=1S/C15H20N2O2S/c1-4-7-16-15(13-9-20-10-17-13)12-6-5-11(18-2)8-14(12)19-3/h5-6,8-10,15-16H,4,7H2,1-3H3. The molecule has 0 spiro atoms. The zero-order valence-electron chi connectivity index (χ0n) is 12.1. The maximum Gasteiger partial charge on any atom is 0.127 e. The molecule has 1 aromatic heterocycles. The molecule has 0 bridgehead atoms. The Morgan fingerprint density at radius 1 is 1.30 bits per heavy atom. The Morgan fingerprint density at radius 3 is 2.75 bits per heavy atom. The molecule has 0 fully saturated rings. The lowest BCUT2D eigenvalue weighted by Gasteiger charge is -2.20. The van der Waals surface area contributed by atoms with Crippen molar-refractivity contribution in [2.75, 3.05) is 20.8 Å². The van der Waals surface area contributed by atoms with E-state index in [1.807, 2.05) is 23.7 Å². The van der Waals surface area contributed by atoms with Crippen LogP contribution in [0, 0.1) is 0 Å². The summed E-state index contributed by atoms with van der Waals surface area (Å²) in [6.45, 7) is 3.08. The minimum Gasteiger partial charge on any atom is -0.497 e. The van der Waals surface area contributed by atoms with Crippen molar-refractivity contribution in [3.05, 3.63) is 40.3 Å². The Kier molecular flexibility index (Phi) is 5.38. The third-order valence-corrected chi connectivity index (χ3v) is 3.70. The molecular weight excluding hydrogens is 272 g/mol. The first-order valence-corrected chi connectivity index (χ1v) is 7.57. The van der Waals surface area contributed by atoms with Gasteiger partial charge in [0, 0.05) is 17.0 Å². The van der Waals surface area contributed by atoms with Gasteiger partial charge in [0.2, 0.25) is 0 Å². The van der Waals surface area contributed by atoms with Crippen LogP contribution in [0.4, 0.5) is 0 Å². The van der Waals surface area contributed by atoms with E-state index in [2.05, 4.69) is 22.6 Å². The minimum atomic E-state index is 0.0436. The van der Waals surface area contributed by atoms with E-state index < -0.39 is 0 Å². The van der Waals surface area contributed by atoms with Crippen LogP contribution in [0.15, 0.2) is 29.1 Å². The predicted molar refractivity (Wildman–Crippen MR) is 81.8 cm³/mol. The number of methoxy groups -OCH3 is 2. The van der Waals surface area contributed by atoms with Gasteiger partial charge in [-0.15, -0.1) is 11.3 Å². The van der Waals surface area contributed by atoms with Crippen molar-refractivity contribution in [2.24, 2.45) is 0 Å². The second kappa shape index (κ2) is 7.26. The Hall–Kier alpha value is -1.59. The van der Waals surface area contributed by atoms with Crippen LogP contribution >= 0.6 is 11.3 Å². The fourth-order valence-corrected chi connectivity index (χ4v) is 2.66. The van der Waals surface area contributed by atoms with Gasteiger partial charge >= 0.3 is 0 Å². The Bertz CT molecular complexity index is 529. The monoisotopic (exact) mass is 292 g/mol. The molecule has 2 aromatic rings. The average Bonchev–Trinajstić information content (AvgIpc) is 3.02. The molecule has 0 aliphatic heterocycles. The van der Waals surface area contributed by atoms with E-state index in [9.17, 15) is 0 Å². The zero-order chi connectivity index (χ0) is 14.4. The molecule has 20 heavy (non-hydrogen) atoms. The highest BCUT2D eigenvalue weighted by Gasteiger charge is 2.19. The fourth-order valence-electron chi connectivity index (χ4n) is 2.08. The molecule has 1 unspecified atom stereocenters. The highest BCUT2D eigenvalue weighted by molar-refractivity contribution is 7.07. The summed E-state index contributed by atoms with van der Waals surface area (Å²) in [4.78, 5) is 4.43. The summed E-state index contributed by atoms with van der Waals surface area (Å²) in [6.07, 6.45) is 1.07. The van der Waals surface area contributed by atoms with Gasteiger partial charge in [0.1, 0.15) is 11.5 Å². The van der Waals surface area contributed by atoms with Crippen molar-refractivity contribution in [3.63, 3.8) is 0 Å². The third-order valence-electron chi connectivity index (χ3n) is 3.10. The van der Waals surface area contributed by atoms with E-state index in [4.69, 9.17) is 9.47 Å². The van der Waals surface area contributed by atoms with E-state index in [1.54, 1.807) is 25.6 Å². The van der Waals surface area contributed by atoms with Gasteiger partial charge in [0.15, 0.2) is 0 Å². The van der Waals surface area contributed by atoms with Gasteiger partial charge in [0.25, 0.3) is 0 Å². The second-order valence-electron chi connectivity index (χ2n) is 4.41. The van der Waals surface area contributed by atoms with E-state index in [0.29, 0.717) is 0 Å². The maximum atomic E-state index is 5.50. The fraction of sp³-hybridized carbons (Fsp3) is 0.400. The van der Waals surface area contributed by atoms with Crippen molar-refractivity contribution in [2.45, 2.75) is 19.4 Å². The van der Waals surface area contributed by atoms with Gasteiger partial charge in [-0.25, -0.2) is 4.98 Å². The lowest BCUT2D eigenvalue weighted by molar-refractivity contribution is 0.387. The van der Waals surface area contributed by atoms with Crippen molar-refractivity contribution < 1.29 is 9.47 Å². The number of nitrogens with zero attached hydrogens (tertiary/aromatic N) is 1. The number of nitrogens with one attached hydrogen (secondary N) is 1. The highest BCUT2D eigenvalue weighted by Crippen LogP contribution is 2.32. The Morgan fingerprint density at radius 2 is 2.15 bits per heavy atom. The molecule has 0 radical (unpaired) electrons. The van der Waals surface area contributed by atoms with Gasteiger partial charge in [-0.1, -0.05) is 6.92 Å². The first-order valence-electron chi connectivity index (χ1n) is 6.63. The number of aromatic nitrogens is 1. The SMILES string of the molecule is CCCNC(c1cscn1)c1ccc(OC)cc1OC. The van der Waals surface area contributed by atoms with Crippen LogP contribution in [0.5, 0.6) is 11.5 Å². The smallest absolute Gasteiger partial charge is 0.127 e. The molecule has 1 heterocycles. The van der Waals surface area contributed by atoms with E-state index >= 15 is 0 Å². The van der Waals surface area contributed by atoms with Crippen molar-refractivity contribution in [1.82, 2.24) is 10.3 Å². The molecule has 1 N–H and O–H groups in total. The van der Waals surface area contributed by atoms with Crippen LogP contribution in [0.3, 0.4) is 0 Å². The van der Waals surface area contributed by atoms with Gasteiger partial charge in [-0.3, -0.25) is 0 Å². The van der Waals surface area contributed by atoms with Crippen LogP contribution in [0.25, 0.3) is 0 Å². The third kappa shape index (κ3) is 3.29. The molecular formula is C15H20N2O2S.